The minimum absolute atomic E-state index is 0.128. The molecule has 92 valence electrons. The number of likely N-dealkylation sites (tertiary alicyclic amines) is 1. The molecule has 0 N–H and O–H groups in total. The van der Waals surface area contributed by atoms with Crippen molar-refractivity contribution in [3.05, 3.63) is 29.6 Å². The highest BCUT2D eigenvalue weighted by Crippen LogP contribution is 2.21. The molecule has 0 aromatic carbocycles. The summed E-state index contributed by atoms with van der Waals surface area (Å²) in [5, 5.41) is 1.04. The van der Waals surface area contributed by atoms with Crippen LogP contribution < -0.4 is 0 Å². The number of alkyl halides is 1. The molecule has 1 fully saturated rings. The van der Waals surface area contributed by atoms with Crippen molar-refractivity contribution in [1.29, 1.82) is 0 Å². The first kappa shape index (κ1) is 12.6. The minimum Gasteiger partial charge on any atom is -0.339 e. The summed E-state index contributed by atoms with van der Waals surface area (Å²) in [6, 6.07) is 3.69. The highest BCUT2D eigenvalue weighted by atomic mass is 79.9. The molecule has 4 heteroatoms. The van der Waals surface area contributed by atoms with E-state index >= 15 is 0 Å². The number of pyridine rings is 1. The molecule has 2 rings (SSSR count). The first-order chi connectivity index (χ1) is 8.22. The molecule has 2 heterocycles. The van der Waals surface area contributed by atoms with Gasteiger partial charge < -0.3 is 4.90 Å². The van der Waals surface area contributed by atoms with Gasteiger partial charge in [0.1, 0.15) is 0 Å². The maximum atomic E-state index is 12.3. The van der Waals surface area contributed by atoms with Crippen molar-refractivity contribution in [3.63, 3.8) is 0 Å². The Hall–Kier alpha value is -0.900. The zero-order chi connectivity index (χ0) is 12.3. The molecule has 1 aromatic heterocycles. The summed E-state index contributed by atoms with van der Waals surface area (Å²) in [5.74, 6) is 0.845. The number of piperidine rings is 1. The van der Waals surface area contributed by atoms with E-state index in [1.165, 1.54) is 0 Å². The first-order valence-electron chi connectivity index (χ1n) is 5.99. The molecular weight excluding hydrogens is 280 g/mol. The number of carbonyl (C=O) groups excluding carboxylic acids is 1. The van der Waals surface area contributed by atoms with Gasteiger partial charge >= 0.3 is 0 Å². The van der Waals surface area contributed by atoms with Gasteiger partial charge in [0.2, 0.25) is 0 Å². The molecular formula is C13H17BrN2O. The van der Waals surface area contributed by atoms with Crippen molar-refractivity contribution in [3.8, 4) is 0 Å². The Morgan fingerprint density at radius 3 is 2.82 bits per heavy atom. The Balaban J connectivity index is 2.04. The fraction of sp³-hybridized carbons (Fsp3) is 0.538. The summed E-state index contributed by atoms with van der Waals surface area (Å²) in [4.78, 5) is 18.4. The molecule has 1 aromatic rings. The van der Waals surface area contributed by atoms with Gasteiger partial charge in [0.15, 0.2) is 0 Å². The highest BCUT2D eigenvalue weighted by molar-refractivity contribution is 9.09. The third-order valence-corrected chi connectivity index (χ3v) is 4.27. The summed E-state index contributed by atoms with van der Waals surface area (Å²) < 4.78 is 0. The molecule has 17 heavy (non-hydrogen) atoms. The summed E-state index contributed by atoms with van der Waals surface area (Å²) in [7, 11) is 0. The van der Waals surface area contributed by atoms with Crippen LogP contribution in [0.5, 0.6) is 0 Å². The number of hydrogen-bond donors (Lipinski definition) is 0. The predicted molar refractivity (Wildman–Crippen MR) is 71.4 cm³/mol. The third kappa shape index (κ3) is 2.86. The molecule has 1 saturated heterocycles. The Morgan fingerprint density at radius 2 is 2.24 bits per heavy atom. The number of halogens is 1. The number of carbonyl (C=O) groups is 1. The van der Waals surface area contributed by atoms with Crippen LogP contribution in [-0.4, -0.2) is 34.2 Å². The second kappa shape index (κ2) is 5.63. The quantitative estimate of drug-likeness (QED) is 0.786. The lowest BCUT2D eigenvalue weighted by molar-refractivity contribution is 0.0698. The van der Waals surface area contributed by atoms with Crippen molar-refractivity contribution in [2.75, 3.05) is 18.4 Å². The SMILES string of the molecule is Cc1ncccc1C(=O)N1CCC(CBr)CC1. The van der Waals surface area contributed by atoms with E-state index in [9.17, 15) is 4.79 Å². The normalized spacial score (nSPS) is 17.2. The van der Waals surface area contributed by atoms with Crippen LogP contribution in [0.4, 0.5) is 0 Å². The monoisotopic (exact) mass is 296 g/mol. The Morgan fingerprint density at radius 1 is 1.53 bits per heavy atom. The molecule has 0 bridgehead atoms. The van der Waals surface area contributed by atoms with Crippen molar-refractivity contribution in [1.82, 2.24) is 9.88 Å². The van der Waals surface area contributed by atoms with Gasteiger partial charge in [-0.3, -0.25) is 9.78 Å². The van der Waals surface area contributed by atoms with Gasteiger partial charge in [0.05, 0.1) is 5.56 Å². The molecule has 3 nitrogen and oxygen atoms in total. The van der Waals surface area contributed by atoms with E-state index in [4.69, 9.17) is 0 Å². The zero-order valence-corrected chi connectivity index (χ0v) is 11.6. The van der Waals surface area contributed by atoms with Gasteiger partial charge in [0, 0.05) is 30.3 Å². The molecule has 0 saturated carbocycles. The van der Waals surface area contributed by atoms with E-state index in [0.717, 1.165) is 42.5 Å². The van der Waals surface area contributed by atoms with Crippen LogP contribution in [0, 0.1) is 12.8 Å². The average molecular weight is 297 g/mol. The van der Waals surface area contributed by atoms with E-state index in [2.05, 4.69) is 20.9 Å². The molecule has 0 radical (unpaired) electrons. The lowest BCUT2D eigenvalue weighted by Gasteiger charge is -2.31. The minimum atomic E-state index is 0.128. The first-order valence-corrected chi connectivity index (χ1v) is 7.11. The number of rotatable bonds is 2. The summed E-state index contributed by atoms with van der Waals surface area (Å²) in [5.41, 5.74) is 1.56. The molecule has 0 atom stereocenters. The molecule has 1 aliphatic rings. The van der Waals surface area contributed by atoms with Gasteiger partial charge in [-0.2, -0.15) is 0 Å². The van der Waals surface area contributed by atoms with Gasteiger partial charge in [0.25, 0.3) is 5.91 Å². The lowest BCUT2D eigenvalue weighted by Crippen LogP contribution is -2.39. The topological polar surface area (TPSA) is 33.2 Å². The Kier molecular flexibility index (Phi) is 4.15. The fourth-order valence-electron chi connectivity index (χ4n) is 2.17. The van der Waals surface area contributed by atoms with E-state index in [0.29, 0.717) is 5.92 Å². The number of hydrogen-bond acceptors (Lipinski definition) is 2. The highest BCUT2D eigenvalue weighted by Gasteiger charge is 2.23. The van der Waals surface area contributed by atoms with Gasteiger partial charge in [-0.15, -0.1) is 0 Å². The van der Waals surface area contributed by atoms with Crippen molar-refractivity contribution in [2.24, 2.45) is 5.92 Å². The summed E-state index contributed by atoms with van der Waals surface area (Å²) in [6.07, 6.45) is 3.91. The molecule has 1 aliphatic heterocycles. The molecule has 1 amide bonds. The third-order valence-electron chi connectivity index (χ3n) is 3.36. The number of nitrogens with zero attached hydrogens (tertiary/aromatic N) is 2. The molecule has 0 aliphatic carbocycles. The van der Waals surface area contributed by atoms with Crippen LogP contribution in [0.3, 0.4) is 0 Å². The van der Waals surface area contributed by atoms with Crippen molar-refractivity contribution in [2.45, 2.75) is 19.8 Å². The molecule has 0 spiro atoms. The van der Waals surface area contributed by atoms with Gasteiger partial charge in [-0.05, 0) is 37.8 Å². The van der Waals surface area contributed by atoms with Crippen LogP contribution >= 0.6 is 15.9 Å². The predicted octanol–water partition coefficient (Wildman–Crippen LogP) is 2.64. The van der Waals surface area contributed by atoms with Crippen LogP contribution in [0.1, 0.15) is 28.9 Å². The fourth-order valence-corrected chi connectivity index (χ4v) is 2.82. The van der Waals surface area contributed by atoms with E-state index in [1.807, 2.05) is 24.0 Å². The van der Waals surface area contributed by atoms with Crippen molar-refractivity contribution < 1.29 is 4.79 Å². The number of aromatic nitrogens is 1. The standard InChI is InChI=1S/C13H17BrN2O/c1-10-12(3-2-6-15-10)13(17)16-7-4-11(9-14)5-8-16/h2-3,6,11H,4-5,7-9H2,1H3. The summed E-state index contributed by atoms with van der Waals surface area (Å²) >= 11 is 3.51. The maximum absolute atomic E-state index is 12.3. The Labute approximate surface area is 110 Å². The van der Waals surface area contributed by atoms with Crippen LogP contribution in [0.15, 0.2) is 18.3 Å². The van der Waals surface area contributed by atoms with E-state index < -0.39 is 0 Å². The number of amides is 1. The average Bonchev–Trinajstić information content (AvgIpc) is 2.39. The smallest absolute Gasteiger partial charge is 0.255 e. The summed E-state index contributed by atoms with van der Waals surface area (Å²) in [6.45, 7) is 3.62. The van der Waals surface area contributed by atoms with Crippen LogP contribution in [0.2, 0.25) is 0 Å². The van der Waals surface area contributed by atoms with Crippen LogP contribution in [-0.2, 0) is 0 Å². The van der Waals surface area contributed by atoms with E-state index in [-0.39, 0.29) is 5.91 Å². The van der Waals surface area contributed by atoms with Crippen molar-refractivity contribution >= 4 is 21.8 Å². The van der Waals surface area contributed by atoms with Gasteiger partial charge in [-0.25, -0.2) is 0 Å². The number of aryl methyl sites for hydroxylation is 1. The Bertz CT molecular complexity index is 400. The maximum Gasteiger partial charge on any atom is 0.255 e. The lowest BCUT2D eigenvalue weighted by atomic mass is 9.98. The largest absolute Gasteiger partial charge is 0.339 e. The molecule has 0 unspecified atom stereocenters. The van der Waals surface area contributed by atoms with E-state index in [1.54, 1.807) is 6.20 Å². The second-order valence-electron chi connectivity index (χ2n) is 4.53. The zero-order valence-electron chi connectivity index (χ0n) is 10.0. The van der Waals surface area contributed by atoms with Gasteiger partial charge in [-0.1, -0.05) is 15.9 Å². The second-order valence-corrected chi connectivity index (χ2v) is 5.17. The van der Waals surface area contributed by atoms with Crippen LogP contribution in [0.25, 0.3) is 0 Å².